The zero-order valence-corrected chi connectivity index (χ0v) is 15.4. The second-order valence-corrected chi connectivity index (χ2v) is 5.95. The first kappa shape index (κ1) is 18.8. The highest BCUT2D eigenvalue weighted by molar-refractivity contribution is 5.79. The van der Waals surface area contributed by atoms with Crippen molar-refractivity contribution in [2.24, 2.45) is 4.99 Å². The minimum atomic E-state index is -0.270. The molecule has 0 radical (unpaired) electrons. The van der Waals surface area contributed by atoms with Gasteiger partial charge in [-0.1, -0.05) is 12.1 Å². The van der Waals surface area contributed by atoms with Gasteiger partial charge in [0.05, 0.1) is 19.7 Å². The second-order valence-electron chi connectivity index (χ2n) is 5.95. The Morgan fingerprint density at radius 3 is 2.93 bits per heavy atom. The molecule has 0 aliphatic carbocycles. The molecule has 27 heavy (non-hydrogen) atoms. The van der Waals surface area contributed by atoms with Gasteiger partial charge in [-0.05, 0) is 36.8 Å². The highest BCUT2D eigenvalue weighted by atomic mass is 19.1. The molecule has 3 rings (SSSR count). The maximum absolute atomic E-state index is 13.7. The summed E-state index contributed by atoms with van der Waals surface area (Å²) in [5.74, 6) is 1.18. The lowest BCUT2D eigenvalue weighted by atomic mass is 10.1. The van der Waals surface area contributed by atoms with Gasteiger partial charge in [-0.2, -0.15) is 0 Å². The maximum atomic E-state index is 13.7. The van der Waals surface area contributed by atoms with Crippen LogP contribution < -0.4 is 10.6 Å². The van der Waals surface area contributed by atoms with E-state index in [1.807, 2.05) is 35.7 Å². The summed E-state index contributed by atoms with van der Waals surface area (Å²) in [6.45, 7) is 3.87. The van der Waals surface area contributed by atoms with Gasteiger partial charge in [-0.15, -0.1) is 10.2 Å². The minimum Gasteiger partial charge on any atom is -0.380 e. The number of guanidine groups is 1. The quantitative estimate of drug-likeness (QED) is 0.493. The van der Waals surface area contributed by atoms with E-state index in [1.165, 1.54) is 6.07 Å². The summed E-state index contributed by atoms with van der Waals surface area (Å²) in [5.41, 5.74) is 2.24. The molecule has 0 saturated carbocycles. The predicted molar refractivity (Wildman–Crippen MR) is 102 cm³/mol. The Labute approximate surface area is 157 Å². The van der Waals surface area contributed by atoms with Crippen LogP contribution in [-0.4, -0.2) is 34.2 Å². The number of hydrogen-bond donors (Lipinski definition) is 2. The van der Waals surface area contributed by atoms with Gasteiger partial charge < -0.3 is 15.4 Å². The number of nitrogens with one attached hydrogen (secondary N) is 2. The van der Waals surface area contributed by atoms with Crippen LogP contribution >= 0.6 is 0 Å². The number of aliphatic imine (C=N–C) groups is 1. The molecule has 3 aromatic rings. The summed E-state index contributed by atoms with van der Waals surface area (Å²) < 4.78 is 20.7. The minimum absolute atomic E-state index is 0.238. The molecule has 0 amide bonds. The molecule has 8 heteroatoms. The van der Waals surface area contributed by atoms with Gasteiger partial charge in [0.1, 0.15) is 5.82 Å². The molecule has 0 spiro atoms. The number of methoxy groups -OCH3 is 1. The molecular formula is C19H23FN6O. The van der Waals surface area contributed by atoms with E-state index in [9.17, 15) is 4.39 Å². The van der Waals surface area contributed by atoms with Gasteiger partial charge in [0.25, 0.3) is 0 Å². The monoisotopic (exact) mass is 370 g/mol. The van der Waals surface area contributed by atoms with Crippen molar-refractivity contribution < 1.29 is 9.13 Å². The van der Waals surface area contributed by atoms with Crippen molar-refractivity contribution in [3.8, 4) is 0 Å². The lowest BCUT2D eigenvalue weighted by molar-refractivity contribution is 0.181. The molecule has 0 unspecified atom stereocenters. The number of fused-ring (bicyclic) bond motifs is 1. The van der Waals surface area contributed by atoms with Gasteiger partial charge in [-0.3, -0.25) is 4.40 Å². The average molecular weight is 370 g/mol. The Kier molecular flexibility index (Phi) is 6.32. The van der Waals surface area contributed by atoms with Crippen molar-refractivity contribution >= 4 is 11.6 Å². The summed E-state index contributed by atoms with van der Waals surface area (Å²) in [5, 5.41) is 14.8. The third-order valence-corrected chi connectivity index (χ3v) is 3.97. The Hall–Kier alpha value is -3.00. The van der Waals surface area contributed by atoms with Crippen LogP contribution in [0.5, 0.6) is 0 Å². The first-order valence-electron chi connectivity index (χ1n) is 8.78. The predicted octanol–water partition coefficient (Wildman–Crippen LogP) is 2.27. The lowest BCUT2D eigenvalue weighted by Gasteiger charge is -2.11. The fourth-order valence-electron chi connectivity index (χ4n) is 2.68. The molecule has 0 saturated heterocycles. The number of hydrogen-bond acceptors (Lipinski definition) is 4. The zero-order chi connectivity index (χ0) is 19.1. The van der Waals surface area contributed by atoms with Gasteiger partial charge in [0.15, 0.2) is 17.4 Å². The van der Waals surface area contributed by atoms with Crippen LogP contribution in [0.1, 0.15) is 23.9 Å². The van der Waals surface area contributed by atoms with Crippen LogP contribution in [0.25, 0.3) is 5.65 Å². The van der Waals surface area contributed by atoms with E-state index in [1.54, 1.807) is 19.2 Å². The van der Waals surface area contributed by atoms with Crippen LogP contribution in [0.2, 0.25) is 0 Å². The highest BCUT2D eigenvalue weighted by Crippen LogP contribution is 2.12. The van der Waals surface area contributed by atoms with Crippen molar-refractivity contribution in [3.05, 3.63) is 65.4 Å². The fraction of sp³-hybridized carbons (Fsp3) is 0.316. The van der Waals surface area contributed by atoms with Crippen molar-refractivity contribution in [2.45, 2.75) is 26.6 Å². The Morgan fingerprint density at radius 1 is 1.22 bits per heavy atom. The Balaban J connectivity index is 1.68. The summed E-state index contributed by atoms with van der Waals surface area (Å²) in [6, 6.07) is 10.7. The third kappa shape index (κ3) is 4.79. The molecule has 2 N–H and O–H groups in total. The molecule has 2 heterocycles. The molecule has 7 nitrogen and oxygen atoms in total. The lowest BCUT2D eigenvalue weighted by Crippen LogP contribution is -2.37. The number of pyridine rings is 1. The van der Waals surface area contributed by atoms with E-state index in [2.05, 4.69) is 25.8 Å². The second kappa shape index (κ2) is 9.09. The van der Waals surface area contributed by atoms with Gasteiger partial charge in [-0.25, -0.2) is 9.38 Å². The van der Waals surface area contributed by atoms with Crippen LogP contribution in [0, 0.1) is 5.82 Å². The summed E-state index contributed by atoms with van der Waals surface area (Å²) in [7, 11) is 1.55. The van der Waals surface area contributed by atoms with E-state index < -0.39 is 0 Å². The smallest absolute Gasteiger partial charge is 0.191 e. The van der Waals surface area contributed by atoms with Gasteiger partial charge in [0, 0.05) is 25.4 Å². The molecule has 142 valence electrons. The van der Waals surface area contributed by atoms with Crippen molar-refractivity contribution in [3.63, 3.8) is 0 Å². The molecular weight excluding hydrogens is 347 g/mol. The first-order valence-corrected chi connectivity index (χ1v) is 8.78. The van der Waals surface area contributed by atoms with E-state index in [-0.39, 0.29) is 12.4 Å². The molecule has 0 atom stereocenters. The number of ether oxygens (including phenoxy) is 1. The van der Waals surface area contributed by atoms with Gasteiger partial charge >= 0.3 is 0 Å². The summed E-state index contributed by atoms with van der Waals surface area (Å²) >= 11 is 0. The van der Waals surface area contributed by atoms with Crippen LogP contribution in [-0.2, 0) is 24.4 Å². The van der Waals surface area contributed by atoms with E-state index >= 15 is 0 Å². The summed E-state index contributed by atoms with van der Waals surface area (Å²) in [4.78, 5) is 4.57. The Bertz CT molecular complexity index is 923. The number of benzene rings is 1. The molecule has 0 fully saturated rings. The van der Waals surface area contributed by atoms with E-state index in [4.69, 9.17) is 4.74 Å². The number of halogens is 1. The van der Waals surface area contributed by atoms with Crippen LogP contribution in [0.3, 0.4) is 0 Å². The third-order valence-electron chi connectivity index (χ3n) is 3.97. The van der Waals surface area contributed by atoms with E-state index in [0.29, 0.717) is 24.6 Å². The zero-order valence-electron chi connectivity index (χ0n) is 15.4. The van der Waals surface area contributed by atoms with Gasteiger partial charge in [0.2, 0.25) is 0 Å². The van der Waals surface area contributed by atoms with Crippen LogP contribution in [0.4, 0.5) is 4.39 Å². The van der Waals surface area contributed by atoms with Crippen molar-refractivity contribution in [1.29, 1.82) is 0 Å². The highest BCUT2D eigenvalue weighted by Gasteiger charge is 2.07. The maximum Gasteiger partial charge on any atom is 0.191 e. The number of aromatic nitrogens is 3. The molecule has 0 aliphatic rings. The standard InChI is InChI=1S/C19H23FN6O/c1-3-21-19(22-11-14-7-8-16(20)15(10-14)13-27-2)23-12-18-25-24-17-6-4-5-9-26(17)18/h4-10H,3,11-13H2,1-2H3,(H2,21,22,23). The van der Waals surface area contributed by atoms with Crippen molar-refractivity contribution in [2.75, 3.05) is 13.7 Å². The van der Waals surface area contributed by atoms with Crippen molar-refractivity contribution in [1.82, 2.24) is 25.2 Å². The molecule has 0 aliphatic heterocycles. The summed E-state index contributed by atoms with van der Waals surface area (Å²) in [6.07, 6.45) is 1.92. The first-order chi connectivity index (χ1) is 13.2. The topological polar surface area (TPSA) is 75.8 Å². The normalized spacial score (nSPS) is 11.7. The molecule has 0 bridgehead atoms. The fourth-order valence-corrected chi connectivity index (χ4v) is 2.68. The van der Waals surface area contributed by atoms with Crippen LogP contribution in [0.15, 0.2) is 47.6 Å². The average Bonchev–Trinajstić information content (AvgIpc) is 3.10. The van der Waals surface area contributed by atoms with E-state index in [0.717, 1.165) is 23.6 Å². The number of nitrogens with zero attached hydrogens (tertiary/aromatic N) is 4. The number of rotatable bonds is 7. The molecule has 1 aromatic carbocycles. The molecule has 2 aromatic heterocycles. The SMILES string of the molecule is CCNC(=NCc1ccc(F)c(COC)c1)NCc1nnc2ccccn12. The largest absolute Gasteiger partial charge is 0.380 e. The Morgan fingerprint density at radius 2 is 2.11 bits per heavy atom.